The molecule has 0 unspecified atom stereocenters. The first-order chi connectivity index (χ1) is 9.48. The lowest BCUT2D eigenvalue weighted by Gasteiger charge is -2.28. The molecule has 0 saturated heterocycles. The minimum Gasteiger partial charge on any atom is -0.374 e. The lowest BCUT2D eigenvalue weighted by atomic mass is 10.2. The molecule has 0 atom stereocenters. The summed E-state index contributed by atoms with van der Waals surface area (Å²) in [7, 11) is -3.14. The first kappa shape index (κ1) is 17.2. The van der Waals surface area contributed by atoms with Gasteiger partial charge in [-0.3, -0.25) is 0 Å². The van der Waals surface area contributed by atoms with Crippen molar-refractivity contribution in [2.45, 2.75) is 26.8 Å². The van der Waals surface area contributed by atoms with Crippen LogP contribution in [0.15, 0.2) is 12.1 Å². The maximum absolute atomic E-state index is 13.7. The average molecular weight is 308 g/mol. The molecule has 0 aromatic heterocycles. The lowest BCUT2D eigenvalue weighted by molar-refractivity contribution is 0.0701. The van der Waals surface area contributed by atoms with Gasteiger partial charge >= 0.3 is 8.80 Å². The first-order valence-corrected chi connectivity index (χ1v) is 8.46. The van der Waals surface area contributed by atoms with Gasteiger partial charge in [-0.15, -0.1) is 0 Å². The van der Waals surface area contributed by atoms with Gasteiger partial charge in [-0.1, -0.05) is 0 Å². The van der Waals surface area contributed by atoms with E-state index in [0.29, 0.717) is 25.9 Å². The summed E-state index contributed by atoms with van der Waals surface area (Å²) in [6.07, 6.45) is 0. The number of hydrogen-bond donors (Lipinski definition) is 0. The quantitative estimate of drug-likeness (QED) is 0.545. The molecule has 0 heterocycles. The molecular weight excluding hydrogens is 289 g/mol. The summed E-state index contributed by atoms with van der Waals surface area (Å²) in [6.45, 7) is 6.29. The summed E-state index contributed by atoms with van der Waals surface area (Å²) < 4.78 is 56.6. The Labute approximate surface area is 118 Å². The minimum absolute atomic E-state index is 0.00841. The van der Waals surface area contributed by atoms with Crippen LogP contribution in [-0.2, 0) is 19.3 Å². The topological polar surface area (TPSA) is 27.7 Å². The van der Waals surface area contributed by atoms with Gasteiger partial charge in [-0.25, -0.2) is 13.2 Å². The van der Waals surface area contributed by atoms with Crippen LogP contribution in [0.2, 0.25) is 0 Å². The zero-order chi connectivity index (χ0) is 15.2. The maximum Gasteiger partial charge on any atom is 0.505 e. The van der Waals surface area contributed by atoms with Gasteiger partial charge in [-0.05, 0) is 32.4 Å². The maximum atomic E-state index is 13.7. The van der Waals surface area contributed by atoms with Crippen LogP contribution in [0.3, 0.4) is 0 Å². The van der Waals surface area contributed by atoms with Crippen LogP contribution in [0.25, 0.3) is 0 Å². The first-order valence-electron chi connectivity index (χ1n) is 6.53. The fraction of sp³-hybridized carbons (Fsp3) is 0.538. The van der Waals surface area contributed by atoms with Crippen LogP contribution in [0.5, 0.6) is 0 Å². The van der Waals surface area contributed by atoms with E-state index in [0.717, 1.165) is 6.07 Å². The lowest BCUT2D eigenvalue weighted by Crippen LogP contribution is -2.48. The van der Waals surface area contributed by atoms with Gasteiger partial charge in [0.15, 0.2) is 11.6 Å². The third-order valence-corrected chi connectivity index (χ3v) is 5.59. The van der Waals surface area contributed by atoms with Crippen LogP contribution >= 0.6 is 0 Å². The Morgan fingerprint density at radius 3 is 1.70 bits per heavy atom. The van der Waals surface area contributed by atoms with E-state index in [-0.39, 0.29) is 11.6 Å². The zero-order valence-corrected chi connectivity index (χ0v) is 12.8. The Balaban J connectivity index is 3.07. The van der Waals surface area contributed by atoms with Crippen molar-refractivity contribution >= 4 is 8.80 Å². The fourth-order valence-electron chi connectivity index (χ4n) is 1.87. The smallest absolute Gasteiger partial charge is 0.374 e. The van der Waals surface area contributed by atoms with Crippen LogP contribution in [-0.4, -0.2) is 28.6 Å². The molecule has 0 aliphatic rings. The Kier molecular flexibility index (Phi) is 6.67. The van der Waals surface area contributed by atoms with E-state index in [1.807, 2.05) is 0 Å². The van der Waals surface area contributed by atoms with Crippen LogP contribution in [0.4, 0.5) is 13.2 Å². The molecule has 114 valence electrons. The summed E-state index contributed by atoms with van der Waals surface area (Å²) >= 11 is 0. The molecule has 0 amide bonds. The highest BCUT2D eigenvalue weighted by molar-refractivity contribution is 6.60. The molecule has 0 saturated carbocycles. The van der Waals surface area contributed by atoms with Gasteiger partial charge in [0.25, 0.3) is 0 Å². The highest BCUT2D eigenvalue weighted by atomic mass is 28.4. The number of benzene rings is 1. The molecule has 3 nitrogen and oxygen atoms in total. The molecule has 1 aromatic rings. The van der Waals surface area contributed by atoms with Gasteiger partial charge in [0.1, 0.15) is 5.82 Å². The number of rotatable bonds is 8. The van der Waals surface area contributed by atoms with Crippen molar-refractivity contribution < 1.29 is 26.4 Å². The largest absolute Gasteiger partial charge is 0.505 e. The molecule has 20 heavy (non-hydrogen) atoms. The molecular formula is C13H19F3O3Si. The Hall–Kier alpha value is -0.893. The molecule has 1 rings (SSSR count). The van der Waals surface area contributed by atoms with E-state index >= 15 is 0 Å². The molecule has 0 bridgehead atoms. The highest BCUT2D eigenvalue weighted by Gasteiger charge is 2.41. The third kappa shape index (κ3) is 4.31. The van der Waals surface area contributed by atoms with Crippen molar-refractivity contribution in [1.82, 2.24) is 0 Å². The average Bonchev–Trinajstić information content (AvgIpc) is 2.37. The van der Waals surface area contributed by atoms with Gasteiger partial charge in [-0.2, -0.15) is 0 Å². The highest BCUT2D eigenvalue weighted by Crippen LogP contribution is 2.21. The van der Waals surface area contributed by atoms with Crippen LogP contribution in [0.1, 0.15) is 26.3 Å². The van der Waals surface area contributed by atoms with Crippen molar-refractivity contribution in [2.24, 2.45) is 0 Å². The summed E-state index contributed by atoms with van der Waals surface area (Å²) in [4.78, 5) is 0. The normalized spacial score (nSPS) is 11.9. The Morgan fingerprint density at radius 2 is 1.25 bits per heavy atom. The standard InChI is InChI=1S/C13H19F3O3Si/c1-4-17-20(18-5-2,19-6-3)9-10-7-12(15)13(16)8-11(10)14/h7-8H,4-6,9H2,1-3H3. The Bertz CT molecular complexity index is 426. The predicted molar refractivity (Wildman–Crippen MR) is 70.7 cm³/mol. The van der Waals surface area contributed by atoms with Crippen molar-refractivity contribution in [3.05, 3.63) is 35.1 Å². The van der Waals surface area contributed by atoms with Gasteiger partial charge in [0.2, 0.25) is 0 Å². The minimum atomic E-state index is -3.14. The predicted octanol–water partition coefficient (Wildman–Crippen LogP) is 3.23. The van der Waals surface area contributed by atoms with Gasteiger partial charge in [0.05, 0.1) is 0 Å². The summed E-state index contributed by atoms with van der Waals surface area (Å²) in [5.74, 6) is -3.16. The van der Waals surface area contributed by atoms with Crippen molar-refractivity contribution in [2.75, 3.05) is 19.8 Å². The monoisotopic (exact) mass is 308 g/mol. The van der Waals surface area contributed by atoms with E-state index < -0.39 is 26.3 Å². The summed E-state index contributed by atoms with van der Waals surface area (Å²) in [5, 5.41) is 0. The fourth-order valence-corrected chi connectivity index (χ4v) is 4.48. The summed E-state index contributed by atoms with van der Waals surface area (Å²) in [6, 6.07) is 1.31. The van der Waals surface area contributed by atoms with E-state index in [1.54, 1.807) is 20.8 Å². The van der Waals surface area contributed by atoms with Gasteiger partial charge in [0, 0.05) is 31.9 Å². The van der Waals surface area contributed by atoms with Crippen molar-refractivity contribution in [3.8, 4) is 0 Å². The van der Waals surface area contributed by atoms with E-state index in [1.165, 1.54) is 0 Å². The van der Waals surface area contributed by atoms with Crippen molar-refractivity contribution in [3.63, 3.8) is 0 Å². The molecule has 7 heteroatoms. The van der Waals surface area contributed by atoms with Crippen LogP contribution in [0, 0.1) is 17.5 Å². The van der Waals surface area contributed by atoms with E-state index in [9.17, 15) is 13.2 Å². The van der Waals surface area contributed by atoms with Gasteiger partial charge < -0.3 is 13.3 Å². The SMILES string of the molecule is CCO[Si](Cc1cc(F)c(F)cc1F)(OCC)OCC. The second kappa shape index (κ2) is 7.77. The zero-order valence-electron chi connectivity index (χ0n) is 11.8. The molecule has 0 fully saturated rings. The second-order valence-corrected chi connectivity index (χ2v) is 6.60. The number of hydrogen-bond acceptors (Lipinski definition) is 3. The molecule has 0 aliphatic carbocycles. The van der Waals surface area contributed by atoms with E-state index in [4.69, 9.17) is 13.3 Å². The molecule has 0 spiro atoms. The third-order valence-electron chi connectivity index (χ3n) is 2.59. The molecule has 0 N–H and O–H groups in total. The second-order valence-electron chi connectivity index (χ2n) is 4.02. The Morgan fingerprint density at radius 1 is 0.800 bits per heavy atom. The number of halogens is 3. The van der Waals surface area contributed by atoms with Crippen molar-refractivity contribution in [1.29, 1.82) is 0 Å². The molecule has 0 aliphatic heterocycles. The van der Waals surface area contributed by atoms with E-state index in [2.05, 4.69) is 0 Å². The van der Waals surface area contributed by atoms with Crippen LogP contribution < -0.4 is 0 Å². The molecule has 1 aromatic carbocycles. The summed E-state index contributed by atoms with van der Waals surface area (Å²) in [5.41, 5.74) is -0.00841. The molecule has 0 radical (unpaired) electrons.